The van der Waals surface area contributed by atoms with E-state index in [0.29, 0.717) is 35.5 Å². The van der Waals surface area contributed by atoms with E-state index in [9.17, 15) is 9.59 Å². The van der Waals surface area contributed by atoms with E-state index in [2.05, 4.69) is 0 Å². The van der Waals surface area contributed by atoms with E-state index in [0.717, 1.165) is 5.56 Å². The zero-order chi connectivity index (χ0) is 20.9. The minimum atomic E-state index is -0.418. The number of aromatic nitrogens is 3. The molecule has 5 rings (SSSR count). The van der Waals surface area contributed by atoms with Crippen LogP contribution in [0.4, 0.5) is 0 Å². The van der Waals surface area contributed by atoms with Crippen molar-refractivity contribution in [3.63, 3.8) is 0 Å². The van der Waals surface area contributed by atoms with Crippen molar-refractivity contribution in [3.8, 4) is 0 Å². The van der Waals surface area contributed by atoms with Gasteiger partial charge in [0.1, 0.15) is 23.7 Å². The van der Waals surface area contributed by atoms with Gasteiger partial charge in [-0.25, -0.2) is 4.98 Å². The van der Waals surface area contributed by atoms with Crippen LogP contribution in [0, 0.1) is 0 Å². The van der Waals surface area contributed by atoms with E-state index in [1.165, 1.54) is 4.40 Å². The first-order chi connectivity index (χ1) is 14.5. The van der Waals surface area contributed by atoms with Gasteiger partial charge in [0.25, 0.3) is 11.5 Å². The van der Waals surface area contributed by atoms with Gasteiger partial charge in [-0.2, -0.15) is 0 Å². The van der Waals surface area contributed by atoms with E-state index in [1.807, 2.05) is 54.8 Å². The number of carbonyl (C=O) groups excluding carboxylic acids is 1. The van der Waals surface area contributed by atoms with Gasteiger partial charge in [0.05, 0.1) is 17.5 Å². The number of amides is 1. The SMILES string of the molecule is CC1(C)COCN1C(=O)c1cc2c(=O)n3ccccc3nc2n1Cc1ccccc1. The number of hydrogen-bond donors (Lipinski definition) is 0. The second-order valence-electron chi connectivity index (χ2n) is 8.21. The number of pyridine rings is 1. The molecule has 1 aliphatic rings. The highest BCUT2D eigenvalue weighted by Gasteiger charge is 2.38. The fraction of sp³-hybridized carbons (Fsp3) is 0.261. The summed E-state index contributed by atoms with van der Waals surface area (Å²) in [7, 11) is 0. The van der Waals surface area contributed by atoms with E-state index in [4.69, 9.17) is 9.72 Å². The second kappa shape index (κ2) is 6.81. The van der Waals surface area contributed by atoms with Crippen LogP contribution in [0.2, 0.25) is 0 Å². The Balaban J connectivity index is 1.75. The number of carbonyl (C=O) groups is 1. The van der Waals surface area contributed by atoms with Crippen molar-refractivity contribution < 1.29 is 9.53 Å². The zero-order valence-electron chi connectivity index (χ0n) is 16.9. The second-order valence-corrected chi connectivity index (χ2v) is 8.21. The largest absolute Gasteiger partial charge is 0.359 e. The van der Waals surface area contributed by atoms with Crippen LogP contribution in [-0.2, 0) is 11.3 Å². The minimum absolute atomic E-state index is 0.167. The van der Waals surface area contributed by atoms with Gasteiger partial charge in [-0.05, 0) is 37.6 Å². The standard InChI is InChI=1S/C23H22N4O3/c1-23(2)14-30-15-27(23)22(29)18-12-17-20(26(18)13-16-8-4-3-5-9-16)24-19-10-6-7-11-25(19)21(17)28/h3-12H,13-15H2,1-2H3. The molecule has 0 spiro atoms. The highest BCUT2D eigenvalue weighted by atomic mass is 16.5. The molecule has 152 valence electrons. The topological polar surface area (TPSA) is 68.8 Å². The predicted octanol–water partition coefficient (Wildman–Crippen LogP) is 2.91. The minimum Gasteiger partial charge on any atom is -0.359 e. The Kier molecular flexibility index (Phi) is 4.22. The molecule has 0 radical (unpaired) electrons. The summed E-state index contributed by atoms with van der Waals surface area (Å²) in [5, 5.41) is 0.427. The van der Waals surface area contributed by atoms with Crippen LogP contribution in [0.25, 0.3) is 16.7 Å². The monoisotopic (exact) mass is 402 g/mol. The van der Waals surface area contributed by atoms with Gasteiger partial charge >= 0.3 is 0 Å². The summed E-state index contributed by atoms with van der Waals surface area (Å²) in [5.74, 6) is -0.167. The molecule has 0 N–H and O–H groups in total. The molecule has 4 heterocycles. The van der Waals surface area contributed by atoms with Crippen LogP contribution in [-0.4, -0.2) is 43.6 Å². The van der Waals surface area contributed by atoms with E-state index >= 15 is 0 Å². The maximum Gasteiger partial charge on any atom is 0.272 e. The first kappa shape index (κ1) is 18.6. The molecule has 1 aliphatic heterocycles. The zero-order valence-corrected chi connectivity index (χ0v) is 16.9. The molecular formula is C23H22N4O3. The molecule has 1 aromatic carbocycles. The molecule has 0 unspecified atom stereocenters. The van der Waals surface area contributed by atoms with Crippen molar-refractivity contribution >= 4 is 22.6 Å². The Morgan fingerprint density at radius 3 is 2.63 bits per heavy atom. The van der Waals surface area contributed by atoms with E-state index in [-0.39, 0.29) is 18.2 Å². The molecule has 30 heavy (non-hydrogen) atoms. The first-order valence-corrected chi connectivity index (χ1v) is 9.90. The van der Waals surface area contributed by atoms with Crippen LogP contribution >= 0.6 is 0 Å². The summed E-state index contributed by atoms with van der Waals surface area (Å²) in [6.07, 6.45) is 1.69. The molecular weight excluding hydrogens is 380 g/mol. The molecule has 0 atom stereocenters. The third-order valence-corrected chi connectivity index (χ3v) is 5.63. The van der Waals surface area contributed by atoms with Crippen molar-refractivity contribution in [1.29, 1.82) is 0 Å². The third kappa shape index (κ3) is 2.90. The fourth-order valence-corrected chi connectivity index (χ4v) is 3.97. The predicted molar refractivity (Wildman–Crippen MR) is 114 cm³/mol. The summed E-state index contributed by atoms with van der Waals surface area (Å²) in [6, 6.07) is 16.9. The Bertz CT molecular complexity index is 1320. The lowest BCUT2D eigenvalue weighted by atomic mass is 10.1. The third-order valence-electron chi connectivity index (χ3n) is 5.63. The van der Waals surface area contributed by atoms with Crippen LogP contribution in [0.1, 0.15) is 29.9 Å². The van der Waals surface area contributed by atoms with Gasteiger partial charge in [-0.1, -0.05) is 36.4 Å². The van der Waals surface area contributed by atoms with Crippen molar-refractivity contribution in [2.45, 2.75) is 25.9 Å². The number of rotatable bonds is 3. The van der Waals surface area contributed by atoms with Gasteiger partial charge in [-0.3, -0.25) is 14.0 Å². The van der Waals surface area contributed by atoms with Crippen LogP contribution in [0.5, 0.6) is 0 Å². The average Bonchev–Trinajstić information content (AvgIpc) is 3.28. The summed E-state index contributed by atoms with van der Waals surface area (Å²) in [6.45, 7) is 5.10. The summed E-state index contributed by atoms with van der Waals surface area (Å²) in [4.78, 5) is 33.1. The van der Waals surface area contributed by atoms with Crippen LogP contribution < -0.4 is 5.56 Å². The molecule has 0 saturated carbocycles. The van der Waals surface area contributed by atoms with Gasteiger partial charge in [0.2, 0.25) is 0 Å². The van der Waals surface area contributed by atoms with E-state index in [1.54, 1.807) is 29.3 Å². The van der Waals surface area contributed by atoms with Crippen molar-refractivity contribution in [2.75, 3.05) is 13.3 Å². The van der Waals surface area contributed by atoms with Crippen molar-refractivity contribution in [2.24, 2.45) is 0 Å². The molecule has 1 saturated heterocycles. The van der Waals surface area contributed by atoms with Crippen LogP contribution in [0.15, 0.2) is 65.6 Å². The summed E-state index contributed by atoms with van der Waals surface area (Å²) in [5.41, 5.74) is 1.91. The number of fused-ring (bicyclic) bond motifs is 2. The average molecular weight is 402 g/mol. The van der Waals surface area contributed by atoms with Gasteiger partial charge < -0.3 is 14.2 Å². The lowest BCUT2D eigenvalue weighted by Gasteiger charge is -2.29. The Morgan fingerprint density at radius 1 is 1.13 bits per heavy atom. The molecule has 0 bridgehead atoms. The van der Waals surface area contributed by atoms with Crippen LogP contribution in [0.3, 0.4) is 0 Å². The van der Waals surface area contributed by atoms with Gasteiger partial charge in [-0.15, -0.1) is 0 Å². The number of hydrogen-bond acceptors (Lipinski definition) is 4. The Morgan fingerprint density at radius 2 is 1.90 bits per heavy atom. The van der Waals surface area contributed by atoms with Crippen molar-refractivity contribution in [1.82, 2.24) is 18.9 Å². The highest BCUT2D eigenvalue weighted by molar-refractivity contribution is 5.98. The maximum absolute atomic E-state index is 13.5. The van der Waals surface area contributed by atoms with Crippen molar-refractivity contribution in [3.05, 3.63) is 82.4 Å². The lowest BCUT2D eigenvalue weighted by molar-refractivity contribution is 0.0595. The fourth-order valence-electron chi connectivity index (χ4n) is 3.97. The van der Waals surface area contributed by atoms with Gasteiger partial charge in [0, 0.05) is 12.7 Å². The number of nitrogens with zero attached hydrogens (tertiary/aromatic N) is 4. The molecule has 1 fully saturated rings. The quantitative estimate of drug-likeness (QED) is 0.528. The summed E-state index contributed by atoms with van der Waals surface area (Å²) < 4.78 is 8.90. The van der Waals surface area contributed by atoms with Gasteiger partial charge in [0.15, 0.2) is 0 Å². The maximum atomic E-state index is 13.5. The normalized spacial score (nSPS) is 15.9. The molecule has 7 heteroatoms. The molecule has 1 amide bonds. The molecule has 7 nitrogen and oxygen atoms in total. The summed E-state index contributed by atoms with van der Waals surface area (Å²) >= 11 is 0. The highest BCUT2D eigenvalue weighted by Crippen LogP contribution is 2.26. The Labute approximate surface area is 173 Å². The first-order valence-electron chi connectivity index (χ1n) is 9.90. The number of benzene rings is 1. The number of ether oxygens (including phenoxy) is 1. The smallest absolute Gasteiger partial charge is 0.272 e. The molecule has 4 aromatic rings. The van der Waals surface area contributed by atoms with E-state index < -0.39 is 5.54 Å². The molecule has 3 aromatic heterocycles. The Hall–Kier alpha value is -3.45. The molecule has 0 aliphatic carbocycles. The lowest BCUT2D eigenvalue weighted by Crippen LogP contribution is -2.44.